The molecule has 0 amide bonds. The van der Waals surface area contributed by atoms with Crippen LogP contribution in [0.2, 0.25) is 0 Å². The number of nitrogens with zero attached hydrogens (tertiary/aromatic N) is 4. The average molecular weight is 305 g/mol. The van der Waals surface area contributed by atoms with Crippen molar-refractivity contribution in [3.8, 4) is 0 Å². The molecule has 0 saturated heterocycles. The molecule has 116 valence electrons. The Morgan fingerprint density at radius 2 is 1.65 bits per heavy atom. The van der Waals surface area contributed by atoms with Gasteiger partial charge >= 0.3 is 0 Å². The number of hydrogen-bond acceptors (Lipinski definition) is 4. The van der Waals surface area contributed by atoms with E-state index < -0.39 is 0 Å². The molecule has 3 aromatic rings. The van der Waals surface area contributed by atoms with E-state index in [1.807, 2.05) is 56.3 Å². The van der Waals surface area contributed by atoms with E-state index in [1.54, 1.807) is 4.68 Å². The third-order valence-corrected chi connectivity index (χ3v) is 3.70. The second-order valence-corrected chi connectivity index (χ2v) is 5.45. The Labute approximate surface area is 135 Å². The number of aromatic nitrogens is 3. The van der Waals surface area contributed by atoms with Gasteiger partial charge in [-0.1, -0.05) is 53.2 Å². The fraction of sp³-hybridized carbons (Fsp3) is 0.167. The van der Waals surface area contributed by atoms with Gasteiger partial charge in [0, 0.05) is 5.56 Å². The summed E-state index contributed by atoms with van der Waals surface area (Å²) in [5, 5.41) is 12.9. The summed E-state index contributed by atoms with van der Waals surface area (Å²) in [7, 11) is 0. The molecule has 0 spiro atoms. The Bertz CT molecular complexity index is 816. The van der Waals surface area contributed by atoms with Gasteiger partial charge in [-0.15, -0.1) is 5.10 Å². The third-order valence-electron chi connectivity index (χ3n) is 3.70. The third kappa shape index (κ3) is 3.29. The summed E-state index contributed by atoms with van der Waals surface area (Å²) in [6, 6.07) is 18.0. The van der Waals surface area contributed by atoms with Crippen molar-refractivity contribution in [3.05, 3.63) is 77.1 Å². The number of hydrogen-bond donors (Lipinski definition) is 1. The minimum Gasteiger partial charge on any atom is -0.276 e. The zero-order valence-electron chi connectivity index (χ0n) is 13.5. The summed E-state index contributed by atoms with van der Waals surface area (Å²) in [5.74, 6) is 0.715. The van der Waals surface area contributed by atoms with Crippen molar-refractivity contribution in [1.29, 1.82) is 0 Å². The highest BCUT2D eigenvalue weighted by atomic mass is 15.5. The number of hydrazone groups is 1. The van der Waals surface area contributed by atoms with Gasteiger partial charge in [-0.2, -0.15) is 9.78 Å². The Morgan fingerprint density at radius 1 is 0.957 bits per heavy atom. The molecule has 3 rings (SSSR count). The number of para-hydroxylation sites is 1. The van der Waals surface area contributed by atoms with E-state index in [4.69, 9.17) is 0 Å². The van der Waals surface area contributed by atoms with Crippen LogP contribution < -0.4 is 5.43 Å². The molecule has 0 radical (unpaired) electrons. The van der Waals surface area contributed by atoms with Gasteiger partial charge in [-0.3, -0.25) is 5.43 Å². The van der Waals surface area contributed by atoms with Crippen LogP contribution in [0.1, 0.15) is 22.5 Å². The van der Waals surface area contributed by atoms with Crippen LogP contribution in [-0.4, -0.2) is 20.8 Å². The molecule has 5 heteroatoms. The lowest BCUT2D eigenvalue weighted by molar-refractivity contribution is 0.820. The van der Waals surface area contributed by atoms with Crippen LogP contribution in [0.5, 0.6) is 0 Å². The van der Waals surface area contributed by atoms with E-state index in [1.165, 1.54) is 5.56 Å². The molecule has 0 fully saturated rings. The minimum absolute atomic E-state index is 0.715. The maximum atomic E-state index is 4.57. The maximum absolute atomic E-state index is 4.57. The topological polar surface area (TPSA) is 55.1 Å². The van der Waals surface area contributed by atoms with E-state index in [0.717, 1.165) is 22.6 Å². The number of rotatable bonds is 3. The highest BCUT2D eigenvalue weighted by Gasteiger charge is 2.13. The molecule has 5 nitrogen and oxygen atoms in total. The van der Waals surface area contributed by atoms with Crippen molar-refractivity contribution >= 4 is 11.5 Å². The zero-order chi connectivity index (χ0) is 16.2. The van der Waals surface area contributed by atoms with Crippen molar-refractivity contribution in [3.63, 3.8) is 0 Å². The molecule has 0 unspecified atom stereocenters. The fourth-order valence-corrected chi connectivity index (χ4v) is 2.17. The number of nitrogens with one attached hydrogen (secondary N) is 1. The molecule has 0 aliphatic heterocycles. The van der Waals surface area contributed by atoms with Gasteiger partial charge in [0.2, 0.25) is 0 Å². The van der Waals surface area contributed by atoms with Crippen LogP contribution in [-0.2, 0) is 0 Å². The molecular formula is C18H19N5. The van der Waals surface area contributed by atoms with Crippen LogP contribution in [0, 0.1) is 20.8 Å². The van der Waals surface area contributed by atoms with E-state index in [2.05, 4.69) is 39.9 Å². The number of anilines is 1. The minimum atomic E-state index is 0.715. The van der Waals surface area contributed by atoms with E-state index >= 15 is 0 Å². The highest BCUT2D eigenvalue weighted by molar-refractivity contribution is 6.00. The van der Waals surface area contributed by atoms with Crippen molar-refractivity contribution in [2.45, 2.75) is 20.8 Å². The average Bonchev–Trinajstić information content (AvgIpc) is 2.90. The summed E-state index contributed by atoms with van der Waals surface area (Å²) in [6.45, 7) is 5.99. The summed E-state index contributed by atoms with van der Waals surface area (Å²) in [4.78, 5) is 0. The summed E-state index contributed by atoms with van der Waals surface area (Å²) in [6.07, 6.45) is 0. The molecule has 1 N–H and O–H groups in total. The SMILES string of the molecule is Cc1ccc(/C(=N\Nc2ccccc2)n2nnc(C)c2C)cc1. The molecule has 0 aliphatic rings. The largest absolute Gasteiger partial charge is 0.276 e. The van der Waals surface area contributed by atoms with Gasteiger partial charge in [0.1, 0.15) is 0 Å². The van der Waals surface area contributed by atoms with Gasteiger partial charge in [0.25, 0.3) is 0 Å². The smallest absolute Gasteiger partial charge is 0.182 e. The van der Waals surface area contributed by atoms with Crippen molar-refractivity contribution in [2.75, 3.05) is 5.43 Å². The summed E-state index contributed by atoms with van der Waals surface area (Å²) < 4.78 is 1.76. The molecular weight excluding hydrogens is 286 g/mol. The van der Waals surface area contributed by atoms with E-state index in [9.17, 15) is 0 Å². The Morgan fingerprint density at radius 3 is 2.26 bits per heavy atom. The lowest BCUT2D eigenvalue weighted by Gasteiger charge is -2.09. The second kappa shape index (κ2) is 6.44. The first-order valence-electron chi connectivity index (χ1n) is 7.50. The fourth-order valence-electron chi connectivity index (χ4n) is 2.17. The molecule has 0 saturated carbocycles. The summed E-state index contributed by atoms with van der Waals surface area (Å²) in [5.41, 5.74) is 8.06. The standard InChI is InChI=1S/C18H19N5/c1-13-9-11-16(12-10-13)18(23-15(3)14(2)19-22-23)21-20-17-7-5-4-6-8-17/h4-12,20H,1-3H3/b21-18+. The predicted octanol–water partition coefficient (Wildman–Crippen LogP) is 3.53. The first kappa shape index (κ1) is 15.0. The first-order chi connectivity index (χ1) is 11.1. The van der Waals surface area contributed by atoms with Gasteiger partial charge in [-0.05, 0) is 32.9 Å². The van der Waals surface area contributed by atoms with Crippen LogP contribution in [0.25, 0.3) is 0 Å². The van der Waals surface area contributed by atoms with Crippen LogP contribution in [0.15, 0.2) is 59.7 Å². The zero-order valence-corrected chi connectivity index (χ0v) is 13.5. The van der Waals surface area contributed by atoms with Crippen LogP contribution >= 0.6 is 0 Å². The quantitative estimate of drug-likeness (QED) is 0.457. The number of aryl methyl sites for hydroxylation is 2. The highest BCUT2D eigenvalue weighted by Crippen LogP contribution is 2.11. The molecule has 0 atom stereocenters. The maximum Gasteiger partial charge on any atom is 0.182 e. The van der Waals surface area contributed by atoms with Gasteiger partial charge in [0.05, 0.1) is 17.1 Å². The number of benzene rings is 2. The summed E-state index contributed by atoms with van der Waals surface area (Å²) >= 11 is 0. The predicted molar refractivity (Wildman–Crippen MR) is 92.7 cm³/mol. The van der Waals surface area contributed by atoms with Gasteiger partial charge in [0.15, 0.2) is 5.84 Å². The van der Waals surface area contributed by atoms with Gasteiger partial charge in [-0.25, -0.2) is 0 Å². The molecule has 2 aromatic carbocycles. The van der Waals surface area contributed by atoms with Crippen LogP contribution in [0.4, 0.5) is 5.69 Å². The first-order valence-corrected chi connectivity index (χ1v) is 7.50. The molecule has 0 aliphatic carbocycles. The van der Waals surface area contributed by atoms with Crippen molar-refractivity contribution < 1.29 is 0 Å². The molecule has 1 aromatic heterocycles. The Balaban J connectivity index is 2.03. The van der Waals surface area contributed by atoms with Gasteiger partial charge < -0.3 is 0 Å². The van der Waals surface area contributed by atoms with Crippen molar-refractivity contribution in [2.24, 2.45) is 5.10 Å². The monoisotopic (exact) mass is 305 g/mol. The normalized spacial score (nSPS) is 11.5. The molecule has 0 bridgehead atoms. The Kier molecular flexibility index (Phi) is 4.19. The van der Waals surface area contributed by atoms with E-state index in [-0.39, 0.29) is 0 Å². The van der Waals surface area contributed by atoms with E-state index in [0.29, 0.717) is 5.84 Å². The lowest BCUT2D eigenvalue weighted by atomic mass is 10.1. The molecule has 23 heavy (non-hydrogen) atoms. The van der Waals surface area contributed by atoms with Crippen LogP contribution in [0.3, 0.4) is 0 Å². The molecule has 1 heterocycles. The lowest BCUT2D eigenvalue weighted by Crippen LogP contribution is -2.18. The Hall–Kier alpha value is -2.95. The second-order valence-electron chi connectivity index (χ2n) is 5.45. The van der Waals surface area contributed by atoms with Crippen molar-refractivity contribution in [1.82, 2.24) is 15.0 Å².